The van der Waals surface area contributed by atoms with Gasteiger partial charge in [0.1, 0.15) is 5.82 Å². The van der Waals surface area contributed by atoms with E-state index in [0.29, 0.717) is 5.69 Å². The van der Waals surface area contributed by atoms with Crippen LogP contribution in [0.3, 0.4) is 0 Å². The second-order valence-corrected chi connectivity index (χ2v) is 6.28. The lowest BCUT2D eigenvalue weighted by Crippen LogP contribution is -2.50. The first kappa shape index (κ1) is 17.2. The topological polar surface area (TPSA) is 43.8 Å². The predicted octanol–water partition coefficient (Wildman–Crippen LogP) is 3.51. The van der Waals surface area contributed by atoms with Crippen LogP contribution in [-0.2, 0) is 4.79 Å². The average molecular weight is 340 g/mol. The number of hydrogen-bond acceptors (Lipinski definition) is 3. The van der Waals surface area contributed by atoms with E-state index >= 15 is 0 Å². The van der Waals surface area contributed by atoms with Crippen LogP contribution >= 0.6 is 0 Å². The molecule has 5 heteroatoms. The molecule has 1 atom stereocenters. The summed E-state index contributed by atoms with van der Waals surface area (Å²) in [5.41, 5.74) is 3.36. The van der Waals surface area contributed by atoms with Crippen LogP contribution in [0.5, 0.6) is 0 Å². The van der Waals surface area contributed by atoms with Gasteiger partial charge in [-0.2, -0.15) is 0 Å². The van der Waals surface area contributed by atoms with Gasteiger partial charge in [-0.05, 0) is 43.7 Å². The average Bonchev–Trinajstić information content (AvgIpc) is 2.56. The molecule has 0 bridgehead atoms. The molecule has 0 aromatic heterocycles. The highest BCUT2D eigenvalue weighted by Gasteiger charge is 2.30. The number of benzene rings is 2. The Labute approximate surface area is 146 Å². The van der Waals surface area contributed by atoms with Gasteiger partial charge in [-0.3, -0.25) is 9.80 Å². The number of β-amino-alcohol motifs (C(OH)–C–C–N with tert-alkyl or cyclic N) is 1. The summed E-state index contributed by atoms with van der Waals surface area (Å²) < 4.78 is 13.7. The second-order valence-electron chi connectivity index (χ2n) is 6.28. The number of aliphatic hydroxyl groups excluding tert-OH is 1. The summed E-state index contributed by atoms with van der Waals surface area (Å²) in [6, 6.07) is 13.9. The van der Waals surface area contributed by atoms with Gasteiger partial charge in [0.25, 0.3) is 0 Å². The fraction of sp³-hybridized carbons (Fsp3) is 0.250. The summed E-state index contributed by atoms with van der Waals surface area (Å²) in [5.74, 6) is -0.573. The third-order valence-corrected chi connectivity index (χ3v) is 4.06. The zero-order valence-electron chi connectivity index (χ0n) is 14.3. The first-order valence-electron chi connectivity index (χ1n) is 8.27. The Balaban J connectivity index is 2.06. The molecule has 1 heterocycles. The van der Waals surface area contributed by atoms with Crippen LogP contribution < -0.4 is 5.01 Å². The van der Waals surface area contributed by atoms with E-state index in [0.717, 1.165) is 16.8 Å². The molecule has 2 aromatic carbocycles. The third kappa shape index (κ3) is 3.72. The van der Waals surface area contributed by atoms with Gasteiger partial charge in [-0.25, -0.2) is 9.40 Å². The van der Waals surface area contributed by atoms with Crippen molar-refractivity contribution in [3.8, 4) is 0 Å². The zero-order chi connectivity index (χ0) is 18.0. The molecule has 0 aliphatic carbocycles. The number of rotatable bonds is 4. The molecule has 0 radical (unpaired) electrons. The summed E-state index contributed by atoms with van der Waals surface area (Å²) in [6.07, 6.45) is 1.41. The van der Waals surface area contributed by atoms with Crippen molar-refractivity contribution in [2.75, 3.05) is 11.6 Å². The quantitative estimate of drug-likeness (QED) is 0.926. The number of amides is 1. The van der Waals surface area contributed by atoms with Crippen LogP contribution in [0.15, 0.2) is 54.6 Å². The van der Waals surface area contributed by atoms with Crippen molar-refractivity contribution in [3.63, 3.8) is 0 Å². The highest BCUT2D eigenvalue weighted by Crippen LogP contribution is 2.31. The van der Waals surface area contributed by atoms with E-state index in [1.54, 1.807) is 24.1 Å². The second kappa shape index (κ2) is 7.07. The van der Waals surface area contributed by atoms with E-state index in [9.17, 15) is 14.3 Å². The van der Waals surface area contributed by atoms with Crippen LogP contribution in [0.25, 0.3) is 5.70 Å². The smallest absolute Gasteiger partial charge is 0.249 e. The lowest BCUT2D eigenvalue weighted by molar-refractivity contribution is -0.120. The minimum absolute atomic E-state index is 0.165. The van der Waals surface area contributed by atoms with Gasteiger partial charge in [-0.15, -0.1) is 0 Å². The number of aryl methyl sites for hydroxylation is 1. The highest BCUT2D eigenvalue weighted by molar-refractivity contribution is 5.97. The molecule has 1 aliphatic heterocycles. The maximum Gasteiger partial charge on any atom is 0.249 e. The fourth-order valence-electron chi connectivity index (χ4n) is 2.93. The maximum atomic E-state index is 13.7. The number of halogens is 1. The van der Waals surface area contributed by atoms with Gasteiger partial charge in [0.2, 0.25) is 5.91 Å². The molecular formula is C20H21FN2O2. The largest absolute Gasteiger partial charge is 0.391 e. The Hall–Kier alpha value is -2.66. The van der Waals surface area contributed by atoms with Crippen LogP contribution in [0, 0.1) is 12.7 Å². The summed E-state index contributed by atoms with van der Waals surface area (Å²) >= 11 is 0. The molecule has 1 aliphatic rings. The fourth-order valence-corrected chi connectivity index (χ4v) is 2.93. The molecule has 0 saturated heterocycles. The van der Waals surface area contributed by atoms with Crippen molar-refractivity contribution in [1.82, 2.24) is 5.01 Å². The van der Waals surface area contributed by atoms with Crippen molar-refractivity contribution in [1.29, 1.82) is 0 Å². The molecule has 1 N–H and O–H groups in total. The Morgan fingerprint density at radius 2 is 1.92 bits per heavy atom. The zero-order valence-corrected chi connectivity index (χ0v) is 14.3. The summed E-state index contributed by atoms with van der Waals surface area (Å²) in [4.78, 5) is 12.6. The molecular weight excluding hydrogens is 319 g/mol. The van der Waals surface area contributed by atoms with Gasteiger partial charge in [0.05, 0.1) is 24.0 Å². The minimum atomic E-state index is -0.657. The standard InChI is InChI=1S/C20H21FN2O2/c1-14-6-8-16(9-7-14)19-10-11-20(25)23(22(19)13-15(2)24)18-5-3-4-17(21)12-18/h3-10,12,15,24H,11,13H2,1-2H3. The predicted molar refractivity (Wildman–Crippen MR) is 96.0 cm³/mol. The molecule has 2 aromatic rings. The number of aliphatic hydroxyl groups is 1. The lowest BCUT2D eigenvalue weighted by atomic mass is 10.1. The number of hydrogen-bond donors (Lipinski definition) is 1. The Kier molecular flexibility index (Phi) is 4.86. The molecule has 0 spiro atoms. The van der Waals surface area contributed by atoms with Gasteiger partial charge in [-0.1, -0.05) is 35.9 Å². The van der Waals surface area contributed by atoms with Crippen molar-refractivity contribution >= 4 is 17.3 Å². The Bertz CT molecular complexity index is 800. The number of nitrogens with zero attached hydrogens (tertiary/aromatic N) is 2. The van der Waals surface area contributed by atoms with E-state index < -0.39 is 11.9 Å². The third-order valence-electron chi connectivity index (χ3n) is 4.06. The number of hydrazine groups is 1. The SMILES string of the molecule is Cc1ccc(C2=CCC(=O)N(c3cccc(F)c3)N2CC(C)O)cc1. The van der Waals surface area contributed by atoms with Crippen molar-refractivity contribution in [2.45, 2.75) is 26.4 Å². The minimum Gasteiger partial charge on any atom is -0.391 e. The highest BCUT2D eigenvalue weighted by atomic mass is 19.1. The summed E-state index contributed by atoms with van der Waals surface area (Å²) in [6.45, 7) is 3.90. The number of anilines is 1. The monoisotopic (exact) mass is 340 g/mol. The van der Waals surface area contributed by atoms with Crippen LogP contribution in [0.4, 0.5) is 10.1 Å². The van der Waals surface area contributed by atoms with E-state index in [1.807, 2.05) is 37.3 Å². The number of carbonyl (C=O) groups excluding carboxylic acids is 1. The van der Waals surface area contributed by atoms with Gasteiger partial charge in [0.15, 0.2) is 0 Å². The van der Waals surface area contributed by atoms with Crippen LogP contribution in [-0.4, -0.2) is 28.7 Å². The van der Waals surface area contributed by atoms with E-state index in [2.05, 4.69) is 0 Å². The molecule has 0 saturated carbocycles. The Morgan fingerprint density at radius 3 is 2.56 bits per heavy atom. The molecule has 25 heavy (non-hydrogen) atoms. The van der Waals surface area contributed by atoms with E-state index in [4.69, 9.17) is 0 Å². The normalized spacial score (nSPS) is 16.0. The summed E-state index contributed by atoms with van der Waals surface area (Å²) in [7, 11) is 0. The van der Waals surface area contributed by atoms with Crippen molar-refractivity contribution in [2.24, 2.45) is 0 Å². The Morgan fingerprint density at radius 1 is 1.20 bits per heavy atom. The molecule has 4 nitrogen and oxygen atoms in total. The van der Waals surface area contributed by atoms with Gasteiger partial charge in [0, 0.05) is 6.42 Å². The van der Waals surface area contributed by atoms with Crippen molar-refractivity contribution < 1.29 is 14.3 Å². The molecule has 3 rings (SSSR count). The maximum absolute atomic E-state index is 13.7. The molecule has 1 unspecified atom stereocenters. The first-order chi connectivity index (χ1) is 12.0. The first-order valence-corrected chi connectivity index (χ1v) is 8.27. The van der Waals surface area contributed by atoms with E-state index in [-0.39, 0.29) is 18.9 Å². The lowest BCUT2D eigenvalue weighted by Gasteiger charge is -2.41. The van der Waals surface area contributed by atoms with Gasteiger partial charge < -0.3 is 5.11 Å². The molecule has 1 amide bonds. The van der Waals surface area contributed by atoms with Crippen LogP contribution in [0.2, 0.25) is 0 Å². The number of carbonyl (C=O) groups is 1. The summed E-state index contributed by atoms with van der Waals surface area (Å²) in [5, 5.41) is 13.1. The molecule has 130 valence electrons. The van der Waals surface area contributed by atoms with Crippen molar-refractivity contribution in [3.05, 3.63) is 71.6 Å². The molecule has 0 fully saturated rings. The van der Waals surface area contributed by atoms with Gasteiger partial charge >= 0.3 is 0 Å². The van der Waals surface area contributed by atoms with Crippen LogP contribution in [0.1, 0.15) is 24.5 Å². The van der Waals surface area contributed by atoms with E-state index in [1.165, 1.54) is 17.1 Å².